The van der Waals surface area contributed by atoms with Crippen LogP contribution < -0.4 is 5.32 Å². The Bertz CT molecular complexity index is 605. The molecule has 1 atom stereocenters. The highest BCUT2D eigenvalue weighted by Crippen LogP contribution is 2.31. The third-order valence-corrected chi connectivity index (χ3v) is 4.86. The van der Waals surface area contributed by atoms with E-state index in [-0.39, 0.29) is 6.04 Å². The first-order valence-electron chi connectivity index (χ1n) is 7.19. The number of aryl methyl sites for hydroxylation is 2. The Balaban J connectivity index is 2.33. The summed E-state index contributed by atoms with van der Waals surface area (Å²) in [5.41, 5.74) is 2.99. The molecule has 0 aliphatic carbocycles. The zero-order chi connectivity index (χ0) is 15.6. The molecule has 0 spiro atoms. The Kier molecular flexibility index (Phi) is 5.35. The Morgan fingerprint density at radius 3 is 2.62 bits per heavy atom. The second kappa shape index (κ2) is 6.85. The number of nitrogens with one attached hydrogen (secondary N) is 1. The third kappa shape index (κ3) is 3.44. The van der Waals surface area contributed by atoms with Crippen molar-refractivity contribution in [2.45, 2.75) is 46.1 Å². The molecule has 2 rings (SSSR count). The molecule has 0 aliphatic rings. The maximum Gasteiger partial charge on any atom is 0.0847 e. The minimum Gasteiger partial charge on any atom is -0.309 e. The van der Waals surface area contributed by atoms with Crippen LogP contribution in [0.25, 0.3) is 0 Å². The molecule has 21 heavy (non-hydrogen) atoms. The fourth-order valence-electron chi connectivity index (χ4n) is 2.45. The molecule has 2 aromatic heterocycles. The summed E-state index contributed by atoms with van der Waals surface area (Å²) in [5, 5.41) is 13.0. The van der Waals surface area contributed by atoms with Crippen molar-refractivity contribution >= 4 is 23.1 Å². The van der Waals surface area contributed by atoms with E-state index < -0.39 is 0 Å². The van der Waals surface area contributed by atoms with Crippen molar-refractivity contribution in [2.75, 3.05) is 6.54 Å². The normalized spacial score (nSPS) is 13.1. The van der Waals surface area contributed by atoms with E-state index in [1.165, 1.54) is 16.4 Å². The van der Waals surface area contributed by atoms with E-state index in [1.807, 2.05) is 18.7 Å². The summed E-state index contributed by atoms with van der Waals surface area (Å²) < 4.78 is 6.00. The van der Waals surface area contributed by atoms with E-state index in [2.05, 4.69) is 40.8 Å². The molecule has 1 unspecified atom stereocenters. The maximum absolute atomic E-state index is 6.38. The fraction of sp³-hybridized carbons (Fsp3) is 0.643. The summed E-state index contributed by atoms with van der Waals surface area (Å²) in [4.78, 5) is 1.20. The van der Waals surface area contributed by atoms with Gasteiger partial charge < -0.3 is 5.32 Å². The van der Waals surface area contributed by atoms with Gasteiger partial charge in [-0.3, -0.25) is 4.68 Å². The highest BCUT2D eigenvalue weighted by molar-refractivity contribution is 7.05. The van der Waals surface area contributed by atoms with Crippen molar-refractivity contribution in [1.29, 1.82) is 0 Å². The van der Waals surface area contributed by atoms with Crippen LogP contribution in [0, 0.1) is 6.92 Å². The molecule has 0 saturated carbocycles. The quantitative estimate of drug-likeness (QED) is 0.884. The van der Waals surface area contributed by atoms with Gasteiger partial charge in [-0.1, -0.05) is 36.9 Å². The molecular formula is C14H22ClN5S. The standard InChI is InChI=1S/C14H22ClN5S/c1-6-16-10(14-13(8(2)3)17-19-21-14)7-11-12(15)9(4)18-20(11)5/h8,10,16H,6-7H2,1-5H3. The van der Waals surface area contributed by atoms with Crippen LogP contribution in [-0.2, 0) is 13.5 Å². The van der Waals surface area contributed by atoms with Gasteiger partial charge in [0.1, 0.15) is 0 Å². The van der Waals surface area contributed by atoms with Crippen LogP contribution in [0.2, 0.25) is 5.02 Å². The van der Waals surface area contributed by atoms with Crippen molar-refractivity contribution in [2.24, 2.45) is 7.05 Å². The van der Waals surface area contributed by atoms with E-state index in [4.69, 9.17) is 11.6 Å². The van der Waals surface area contributed by atoms with E-state index in [0.717, 1.165) is 35.1 Å². The smallest absolute Gasteiger partial charge is 0.0847 e. The van der Waals surface area contributed by atoms with Gasteiger partial charge in [0.15, 0.2) is 0 Å². The van der Waals surface area contributed by atoms with Crippen LogP contribution >= 0.6 is 23.1 Å². The molecular weight excluding hydrogens is 306 g/mol. The van der Waals surface area contributed by atoms with Gasteiger partial charge in [-0.15, -0.1) is 5.10 Å². The van der Waals surface area contributed by atoms with Crippen LogP contribution in [0.3, 0.4) is 0 Å². The monoisotopic (exact) mass is 327 g/mol. The molecule has 116 valence electrons. The second-order valence-electron chi connectivity index (χ2n) is 5.46. The zero-order valence-electron chi connectivity index (χ0n) is 13.1. The number of nitrogens with zero attached hydrogens (tertiary/aromatic N) is 4. The van der Waals surface area contributed by atoms with Crippen molar-refractivity contribution in [1.82, 2.24) is 24.7 Å². The summed E-state index contributed by atoms with van der Waals surface area (Å²) >= 11 is 7.85. The molecule has 5 nitrogen and oxygen atoms in total. The average Bonchev–Trinajstić information content (AvgIpc) is 2.99. The van der Waals surface area contributed by atoms with Gasteiger partial charge in [-0.05, 0) is 30.9 Å². The summed E-state index contributed by atoms with van der Waals surface area (Å²) in [5.74, 6) is 0.364. The SMILES string of the molecule is CCNC(Cc1c(Cl)c(C)nn1C)c1snnc1C(C)C. The molecule has 0 bridgehead atoms. The lowest BCUT2D eigenvalue weighted by atomic mass is 10.0. The predicted molar refractivity (Wildman–Crippen MR) is 87.1 cm³/mol. The summed E-state index contributed by atoms with van der Waals surface area (Å²) in [7, 11) is 1.94. The molecule has 0 amide bonds. The number of hydrogen-bond acceptors (Lipinski definition) is 5. The highest BCUT2D eigenvalue weighted by Gasteiger charge is 2.23. The third-order valence-electron chi connectivity index (χ3n) is 3.51. The summed E-state index contributed by atoms with van der Waals surface area (Å²) in [6.45, 7) is 9.21. The van der Waals surface area contributed by atoms with Crippen LogP contribution in [0.1, 0.15) is 54.7 Å². The van der Waals surface area contributed by atoms with Crippen LogP contribution in [-0.4, -0.2) is 25.9 Å². The molecule has 1 N–H and O–H groups in total. The molecule has 0 saturated heterocycles. The van der Waals surface area contributed by atoms with Gasteiger partial charge in [0.25, 0.3) is 0 Å². The topological polar surface area (TPSA) is 55.6 Å². The molecule has 7 heteroatoms. The van der Waals surface area contributed by atoms with E-state index in [0.29, 0.717) is 5.92 Å². The highest BCUT2D eigenvalue weighted by atomic mass is 35.5. The molecule has 0 aliphatic heterocycles. The van der Waals surface area contributed by atoms with Crippen molar-refractivity contribution in [3.05, 3.63) is 27.0 Å². The lowest BCUT2D eigenvalue weighted by molar-refractivity contribution is 0.529. The fourth-order valence-corrected chi connectivity index (χ4v) is 3.56. The Morgan fingerprint density at radius 1 is 1.38 bits per heavy atom. The Hall–Kier alpha value is -0.980. The number of likely N-dealkylation sites (N-methyl/N-ethyl adjacent to an activating group) is 1. The Morgan fingerprint density at radius 2 is 2.10 bits per heavy atom. The molecule has 0 fully saturated rings. The second-order valence-corrected chi connectivity index (χ2v) is 6.62. The van der Waals surface area contributed by atoms with Crippen molar-refractivity contribution < 1.29 is 0 Å². The predicted octanol–water partition coefficient (Wildman–Crippen LogP) is 3.25. The number of hydrogen-bond donors (Lipinski definition) is 1. The molecule has 0 radical (unpaired) electrons. The maximum atomic E-state index is 6.38. The van der Waals surface area contributed by atoms with E-state index in [9.17, 15) is 0 Å². The lowest BCUT2D eigenvalue weighted by Crippen LogP contribution is -2.24. The number of rotatable bonds is 6. The average molecular weight is 328 g/mol. The summed E-state index contributed by atoms with van der Waals surface area (Å²) in [6.07, 6.45) is 0.785. The van der Waals surface area contributed by atoms with Gasteiger partial charge in [0.2, 0.25) is 0 Å². The minimum absolute atomic E-state index is 0.166. The molecule has 2 heterocycles. The molecule has 0 aromatic carbocycles. The number of halogens is 1. The van der Waals surface area contributed by atoms with E-state index in [1.54, 1.807) is 0 Å². The zero-order valence-corrected chi connectivity index (χ0v) is 14.7. The largest absolute Gasteiger partial charge is 0.309 e. The van der Waals surface area contributed by atoms with E-state index >= 15 is 0 Å². The Labute approximate surface area is 134 Å². The molecule has 2 aromatic rings. The van der Waals surface area contributed by atoms with Gasteiger partial charge in [-0.2, -0.15) is 5.10 Å². The van der Waals surface area contributed by atoms with Crippen LogP contribution in [0.5, 0.6) is 0 Å². The van der Waals surface area contributed by atoms with Crippen LogP contribution in [0.15, 0.2) is 0 Å². The van der Waals surface area contributed by atoms with Gasteiger partial charge >= 0.3 is 0 Å². The van der Waals surface area contributed by atoms with Crippen molar-refractivity contribution in [3.63, 3.8) is 0 Å². The number of aromatic nitrogens is 4. The lowest BCUT2D eigenvalue weighted by Gasteiger charge is -2.18. The first-order valence-corrected chi connectivity index (χ1v) is 8.34. The van der Waals surface area contributed by atoms with Gasteiger partial charge in [0, 0.05) is 13.5 Å². The van der Waals surface area contributed by atoms with Crippen molar-refractivity contribution in [3.8, 4) is 0 Å². The minimum atomic E-state index is 0.166. The van der Waals surface area contributed by atoms with Crippen LogP contribution in [0.4, 0.5) is 0 Å². The van der Waals surface area contributed by atoms with Gasteiger partial charge in [0.05, 0.1) is 33.0 Å². The van der Waals surface area contributed by atoms with Gasteiger partial charge in [-0.25, -0.2) is 0 Å². The first-order chi connectivity index (χ1) is 9.95. The first kappa shape index (κ1) is 16.4. The summed E-state index contributed by atoms with van der Waals surface area (Å²) in [6, 6.07) is 0.166.